The number of ether oxygens (including phenoxy) is 2. The Morgan fingerprint density at radius 3 is 2.33 bits per heavy atom. The molecule has 0 aliphatic heterocycles. The van der Waals surface area contributed by atoms with Crippen LogP contribution in [-0.4, -0.2) is 26.4 Å². The lowest BCUT2D eigenvalue weighted by Crippen LogP contribution is -2.13. The van der Waals surface area contributed by atoms with Gasteiger partial charge in [-0.2, -0.15) is 0 Å². The predicted octanol–water partition coefficient (Wildman–Crippen LogP) is 1.32. The monoisotopic (exact) mass is 217 g/mol. The van der Waals surface area contributed by atoms with Crippen molar-refractivity contribution in [1.29, 1.82) is 0 Å². The first-order valence-electron chi connectivity index (χ1n) is 4.60. The van der Waals surface area contributed by atoms with Gasteiger partial charge in [-0.05, 0) is 12.1 Å². The van der Waals surface area contributed by atoms with E-state index in [1.165, 1.54) is 6.07 Å². The van der Waals surface area contributed by atoms with E-state index in [4.69, 9.17) is 15.2 Å². The average molecular weight is 217 g/mol. The van der Waals surface area contributed by atoms with Gasteiger partial charge in [0.05, 0.1) is 13.2 Å². The van der Waals surface area contributed by atoms with Gasteiger partial charge in [0.1, 0.15) is 6.61 Å². The van der Waals surface area contributed by atoms with Crippen LogP contribution in [-0.2, 0) is 4.74 Å². The van der Waals surface area contributed by atoms with Gasteiger partial charge in [-0.15, -0.1) is 0 Å². The molecule has 0 aromatic heterocycles. The second kappa shape index (κ2) is 6.31. The van der Waals surface area contributed by atoms with Crippen LogP contribution in [0.15, 0.2) is 18.2 Å². The molecule has 1 aromatic rings. The Kier molecular flexibility index (Phi) is 5.00. The lowest BCUT2D eigenvalue weighted by Gasteiger charge is -2.08. The summed E-state index contributed by atoms with van der Waals surface area (Å²) in [6, 6.07) is 3.56. The molecule has 84 valence electrons. The maximum atomic E-state index is 13.0. The topological polar surface area (TPSA) is 44.5 Å². The van der Waals surface area contributed by atoms with Crippen molar-refractivity contribution >= 4 is 0 Å². The van der Waals surface area contributed by atoms with Gasteiger partial charge in [0.2, 0.25) is 0 Å². The standard InChI is InChI=1S/C10H13F2NO2/c11-8-2-1-3-9(12)10(8)15-7-6-14-5-4-13/h1-3H,4-7,13H2. The van der Waals surface area contributed by atoms with E-state index in [0.717, 1.165) is 12.1 Å². The fraction of sp³-hybridized carbons (Fsp3) is 0.400. The smallest absolute Gasteiger partial charge is 0.190 e. The van der Waals surface area contributed by atoms with E-state index in [2.05, 4.69) is 0 Å². The number of nitrogens with two attached hydrogens (primary N) is 1. The molecule has 0 atom stereocenters. The van der Waals surface area contributed by atoms with Gasteiger partial charge < -0.3 is 15.2 Å². The Bertz CT molecular complexity index is 287. The van der Waals surface area contributed by atoms with Gasteiger partial charge >= 0.3 is 0 Å². The number of para-hydroxylation sites is 1. The lowest BCUT2D eigenvalue weighted by atomic mass is 10.3. The molecule has 1 aromatic carbocycles. The third kappa shape index (κ3) is 3.81. The SMILES string of the molecule is NCCOCCOc1c(F)cccc1F. The number of hydrogen-bond acceptors (Lipinski definition) is 3. The van der Waals surface area contributed by atoms with Crippen molar-refractivity contribution in [2.24, 2.45) is 5.73 Å². The van der Waals surface area contributed by atoms with Crippen LogP contribution in [0.1, 0.15) is 0 Å². The van der Waals surface area contributed by atoms with Crippen LogP contribution < -0.4 is 10.5 Å². The normalized spacial score (nSPS) is 10.3. The van der Waals surface area contributed by atoms with E-state index < -0.39 is 11.6 Å². The molecule has 2 N–H and O–H groups in total. The molecule has 5 heteroatoms. The summed E-state index contributed by atoms with van der Waals surface area (Å²) in [6.07, 6.45) is 0. The van der Waals surface area contributed by atoms with Gasteiger partial charge in [0.25, 0.3) is 0 Å². The highest BCUT2D eigenvalue weighted by Gasteiger charge is 2.08. The number of halogens is 2. The van der Waals surface area contributed by atoms with E-state index in [1.54, 1.807) is 0 Å². The van der Waals surface area contributed by atoms with E-state index in [9.17, 15) is 8.78 Å². The van der Waals surface area contributed by atoms with Crippen LogP contribution in [0.4, 0.5) is 8.78 Å². The molecule has 0 bridgehead atoms. The summed E-state index contributed by atoms with van der Waals surface area (Å²) in [7, 11) is 0. The van der Waals surface area contributed by atoms with Crippen molar-refractivity contribution in [3.8, 4) is 5.75 Å². The molecule has 3 nitrogen and oxygen atoms in total. The summed E-state index contributed by atoms with van der Waals surface area (Å²) >= 11 is 0. The molecule has 0 aliphatic carbocycles. The second-order valence-corrected chi connectivity index (χ2v) is 2.80. The van der Waals surface area contributed by atoms with Crippen molar-refractivity contribution in [3.63, 3.8) is 0 Å². The molecule has 0 saturated heterocycles. The minimum Gasteiger partial charge on any atom is -0.485 e. The van der Waals surface area contributed by atoms with Gasteiger partial charge in [0, 0.05) is 6.54 Å². The summed E-state index contributed by atoms with van der Waals surface area (Å²) in [4.78, 5) is 0. The Hall–Kier alpha value is -1.20. The zero-order valence-electron chi connectivity index (χ0n) is 8.21. The molecule has 0 radical (unpaired) electrons. The van der Waals surface area contributed by atoms with Crippen molar-refractivity contribution in [2.45, 2.75) is 0 Å². The first kappa shape index (κ1) is 11.9. The maximum Gasteiger partial charge on any atom is 0.190 e. The molecule has 0 saturated carbocycles. The largest absolute Gasteiger partial charge is 0.485 e. The minimum absolute atomic E-state index is 0.0951. The summed E-state index contributed by atoms with van der Waals surface area (Å²) in [5.74, 6) is -1.79. The Morgan fingerprint density at radius 1 is 1.07 bits per heavy atom. The summed E-state index contributed by atoms with van der Waals surface area (Å²) in [5, 5.41) is 0. The van der Waals surface area contributed by atoms with Crippen molar-refractivity contribution < 1.29 is 18.3 Å². The molecular weight excluding hydrogens is 204 g/mol. The van der Waals surface area contributed by atoms with E-state index >= 15 is 0 Å². The zero-order chi connectivity index (χ0) is 11.1. The van der Waals surface area contributed by atoms with Gasteiger partial charge in [-0.25, -0.2) is 8.78 Å². The lowest BCUT2D eigenvalue weighted by molar-refractivity contribution is 0.102. The molecular formula is C10H13F2NO2. The fourth-order valence-electron chi connectivity index (χ4n) is 1.01. The quantitative estimate of drug-likeness (QED) is 0.731. The van der Waals surface area contributed by atoms with Crippen LogP contribution in [0.25, 0.3) is 0 Å². The highest BCUT2D eigenvalue weighted by Crippen LogP contribution is 2.20. The van der Waals surface area contributed by atoms with E-state index in [0.29, 0.717) is 13.2 Å². The van der Waals surface area contributed by atoms with Crippen molar-refractivity contribution in [3.05, 3.63) is 29.8 Å². The maximum absolute atomic E-state index is 13.0. The number of rotatable bonds is 6. The molecule has 0 unspecified atom stereocenters. The van der Waals surface area contributed by atoms with Crippen LogP contribution in [0, 0.1) is 11.6 Å². The van der Waals surface area contributed by atoms with Gasteiger partial charge in [0.15, 0.2) is 17.4 Å². The predicted molar refractivity (Wildman–Crippen MR) is 51.7 cm³/mol. The molecule has 15 heavy (non-hydrogen) atoms. The zero-order valence-corrected chi connectivity index (χ0v) is 8.21. The Morgan fingerprint density at radius 2 is 1.73 bits per heavy atom. The van der Waals surface area contributed by atoms with Crippen molar-refractivity contribution in [2.75, 3.05) is 26.4 Å². The highest BCUT2D eigenvalue weighted by molar-refractivity contribution is 5.25. The summed E-state index contributed by atoms with van der Waals surface area (Å²) in [5.41, 5.74) is 5.18. The third-order valence-corrected chi connectivity index (χ3v) is 1.66. The average Bonchev–Trinajstić information content (AvgIpc) is 2.21. The molecule has 1 rings (SSSR count). The van der Waals surface area contributed by atoms with Crippen molar-refractivity contribution in [1.82, 2.24) is 0 Å². The molecule has 0 amide bonds. The summed E-state index contributed by atoms with van der Waals surface area (Å²) in [6.45, 7) is 1.17. The minimum atomic E-state index is -0.714. The van der Waals surface area contributed by atoms with E-state index in [1.807, 2.05) is 0 Å². The van der Waals surface area contributed by atoms with Crippen LogP contribution in [0.2, 0.25) is 0 Å². The van der Waals surface area contributed by atoms with Crippen LogP contribution in [0.3, 0.4) is 0 Å². The number of benzene rings is 1. The Balaban J connectivity index is 2.37. The number of hydrogen-bond donors (Lipinski definition) is 1. The second-order valence-electron chi connectivity index (χ2n) is 2.80. The third-order valence-electron chi connectivity index (χ3n) is 1.66. The van der Waals surface area contributed by atoms with Crippen LogP contribution >= 0.6 is 0 Å². The molecule has 0 spiro atoms. The van der Waals surface area contributed by atoms with Crippen LogP contribution in [0.5, 0.6) is 5.75 Å². The fourth-order valence-corrected chi connectivity index (χ4v) is 1.01. The first-order valence-corrected chi connectivity index (χ1v) is 4.60. The van der Waals surface area contributed by atoms with Gasteiger partial charge in [-0.3, -0.25) is 0 Å². The highest BCUT2D eigenvalue weighted by atomic mass is 19.1. The summed E-state index contributed by atoms with van der Waals surface area (Å²) < 4.78 is 35.9. The first-order chi connectivity index (χ1) is 7.25. The molecule has 0 fully saturated rings. The molecule has 0 aliphatic rings. The molecule has 0 heterocycles. The van der Waals surface area contributed by atoms with E-state index in [-0.39, 0.29) is 19.0 Å². The van der Waals surface area contributed by atoms with Gasteiger partial charge in [-0.1, -0.05) is 6.07 Å². The Labute approximate surface area is 86.8 Å².